The summed E-state index contributed by atoms with van der Waals surface area (Å²) in [7, 11) is 0. The number of rotatable bonds is 5. The fourth-order valence-corrected chi connectivity index (χ4v) is 5.30. The van der Waals surface area contributed by atoms with E-state index in [0.717, 1.165) is 58.4 Å². The zero-order chi connectivity index (χ0) is 25.5. The second-order valence-electron chi connectivity index (χ2n) is 9.75. The number of nitrogens with one attached hydrogen (secondary N) is 2. The van der Waals surface area contributed by atoms with E-state index in [-0.39, 0.29) is 5.82 Å². The summed E-state index contributed by atoms with van der Waals surface area (Å²) in [5.74, 6) is 0.260. The van der Waals surface area contributed by atoms with Gasteiger partial charge in [0, 0.05) is 65.7 Å². The fourth-order valence-electron chi connectivity index (χ4n) is 5.30. The Hall–Kier alpha value is -4.50. The topological polar surface area (TPSA) is 99.3 Å². The van der Waals surface area contributed by atoms with Gasteiger partial charge in [-0.3, -0.25) is 25.0 Å². The van der Waals surface area contributed by atoms with Crippen LogP contribution in [-0.4, -0.2) is 53.1 Å². The van der Waals surface area contributed by atoms with E-state index in [0.29, 0.717) is 22.6 Å². The Morgan fingerprint density at radius 3 is 2.63 bits per heavy atom. The molecule has 0 spiro atoms. The van der Waals surface area contributed by atoms with Gasteiger partial charge < -0.3 is 4.98 Å². The number of nitrogens with zero attached hydrogens (tertiary/aromatic N) is 6. The second-order valence-corrected chi connectivity index (χ2v) is 9.75. The van der Waals surface area contributed by atoms with Crippen molar-refractivity contribution >= 4 is 21.9 Å². The van der Waals surface area contributed by atoms with E-state index in [1.807, 2.05) is 36.5 Å². The van der Waals surface area contributed by atoms with Crippen molar-refractivity contribution in [3.63, 3.8) is 0 Å². The lowest BCUT2D eigenvalue weighted by Crippen LogP contribution is -2.29. The summed E-state index contributed by atoms with van der Waals surface area (Å²) in [6.07, 6.45) is 12.6. The number of piperidine rings is 1. The van der Waals surface area contributed by atoms with E-state index in [1.165, 1.54) is 25.3 Å². The Morgan fingerprint density at radius 2 is 1.76 bits per heavy atom. The van der Waals surface area contributed by atoms with Crippen molar-refractivity contribution in [2.24, 2.45) is 0 Å². The highest BCUT2D eigenvalue weighted by molar-refractivity contribution is 5.97. The number of benzene rings is 1. The van der Waals surface area contributed by atoms with E-state index in [4.69, 9.17) is 4.98 Å². The number of H-pyrrole nitrogens is 2. The molecule has 0 atom stereocenters. The van der Waals surface area contributed by atoms with Gasteiger partial charge in [-0.25, -0.2) is 9.37 Å². The van der Waals surface area contributed by atoms with E-state index >= 15 is 4.39 Å². The van der Waals surface area contributed by atoms with Gasteiger partial charge in [0.05, 0.1) is 16.7 Å². The molecule has 5 aromatic heterocycles. The lowest BCUT2D eigenvalue weighted by Gasteiger charge is -2.26. The molecule has 7 rings (SSSR count). The van der Waals surface area contributed by atoms with Crippen molar-refractivity contribution < 1.29 is 4.39 Å². The van der Waals surface area contributed by atoms with Crippen LogP contribution in [-0.2, 0) is 6.54 Å². The van der Waals surface area contributed by atoms with Gasteiger partial charge in [-0.1, -0.05) is 6.42 Å². The van der Waals surface area contributed by atoms with Gasteiger partial charge in [-0.05, 0) is 61.8 Å². The summed E-state index contributed by atoms with van der Waals surface area (Å²) in [5.41, 5.74) is 6.72. The van der Waals surface area contributed by atoms with E-state index in [9.17, 15) is 0 Å². The van der Waals surface area contributed by atoms with E-state index in [2.05, 4.69) is 35.0 Å². The molecule has 6 heterocycles. The van der Waals surface area contributed by atoms with Gasteiger partial charge in [0.25, 0.3) is 0 Å². The van der Waals surface area contributed by atoms with Crippen LogP contribution >= 0.6 is 0 Å². The standard InChI is InChI=1S/C29H25FN8/c30-23-13-25-22(12-21(23)20-11-18(14-32-16-20)17-38-9-2-1-3-10-38)27(37-36-25)29-34-24-6-8-33-26(28(24)35-29)19-5-4-7-31-15-19/h4-8,11-16H,1-3,9-10,17H2,(H,34,35)(H,36,37). The summed E-state index contributed by atoms with van der Waals surface area (Å²) in [6, 6.07) is 11.1. The SMILES string of the molecule is Fc1cc2[nH]nc(-c3nc4c(-c5cccnc5)nccc4[nH]3)c2cc1-c1cncc(CN2CCCCC2)c1. The molecule has 0 unspecified atom stereocenters. The maximum atomic E-state index is 15.3. The minimum absolute atomic E-state index is 0.322. The minimum Gasteiger partial charge on any atom is -0.336 e. The molecule has 0 saturated carbocycles. The molecule has 1 aromatic carbocycles. The Bertz CT molecular complexity index is 1750. The van der Waals surface area contributed by atoms with Crippen LogP contribution < -0.4 is 0 Å². The van der Waals surface area contributed by atoms with Crippen LogP contribution in [0.2, 0.25) is 0 Å². The molecular weight excluding hydrogens is 479 g/mol. The monoisotopic (exact) mass is 504 g/mol. The maximum Gasteiger partial charge on any atom is 0.159 e. The van der Waals surface area contributed by atoms with Gasteiger partial charge in [0.15, 0.2) is 5.82 Å². The molecule has 1 aliphatic rings. The first-order valence-corrected chi connectivity index (χ1v) is 12.8. The third kappa shape index (κ3) is 4.10. The molecule has 8 nitrogen and oxygen atoms in total. The molecule has 0 aliphatic carbocycles. The number of hydrogen-bond donors (Lipinski definition) is 2. The Balaban J connectivity index is 1.29. The van der Waals surface area contributed by atoms with Gasteiger partial charge in [0.1, 0.15) is 17.0 Å². The average Bonchev–Trinajstić information content (AvgIpc) is 3.57. The molecule has 1 fully saturated rings. The van der Waals surface area contributed by atoms with E-state index < -0.39 is 0 Å². The highest BCUT2D eigenvalue weighted by Gasteiger charge is 2.19. The largest absolute Gasteiger partial charge is 0.336 e. The molecule has 6 aromatic rings. The molecule has 0 bridgehead atoms. The summed E-state index contributed by atoms with van der Waals surface area (Å²) in [6.45, 7) is 3.02. The highest BCUT2D eigenvalue weighted by Crippen LogP contribution is 2.34. The number of hydrogen-bond acceptors (Lipinski definition) is 6. The van der Waals surface area contributed by atoms with Gasteiger partial charge in [-0.2, -0.15) is 5.10 Å². The fraction of sp³-hybridized carbons (Fsp3) is 0.207. The van der Waals surface area contributed by atoms with Crippen molar-refractivity contribution in [1.82, 2.24) is 40.0 Å². The smallest absolute Gasteiger partial charge is 0.159 e. The third-order valence-corrected chi connectivity index (χ3v) is 7.17. The number of fused-ring (bicyclic) bond motifs is 2. The zero-order valence-corrected chi connectivity index (χ0v) is 20.7. The average molecular weight is 505 g/mol. The molecule has 0 amide bonds. The Kier molecular flexibility index (Phi) is 5.62. The van der Waals surface area contributed by atoms with Gasteiger partial charge >= 0.3 is 0 Å². The summed E-state index contributed by atoms with van der Waals surface area (Å²) in [4.78, 5) is 23.8. The van der Waals surface area contributed by atoms with Crippen LogP contribution in [0.15, 0.2) is 67.4 Å². The number of halogens is 1. The first-order chi connectivity index (χ1) is 18.7. The van der Waals surface area contributed by atoms with Crippen molar-refractivity contribution in [3.8, 4) is 33.9 Å². The number of likely N-dealkylation sites (tertiary alicyclic amines) is 1. The summed E-state index contributed by atoms with van der Waals surface area (Å²) >= 11 is 0. The minimum atomic E-state index is -0.322. The Labute approximate surface area is 218 Å². The predicted octanol–water partition coefficient (Wildman–Crippen LogP) is 5.75. The molecule has 38 heavy (non-hydrogen) atoms. The number of aromatic nitrogens is 7. The van der Waals surface area contributed by atoms with E-state index in [1.54, 1.807) is 24.8 Å². The third-order valence-electron chi connectivity index (χ3n) is 7.17. The number of pyridine rings is 3. The van der Waals surface area contributed by atoms with Crippen molar-refractivity contribution in [2.45, 2.75) is 25.8 Å². The van der Waals surface area contributed by atoms with Crippen LogP contribution in [0.25, 0.3) is 55.8 Å². The number of aromatic amines is 2. The van der Waals surface area contributed by atoms with Crippen LogP contribution in [0.3, 0.4) is 0 Å². The lowest BCUT2D eigenvalue weighted by atomic mass is 10.0. The molecule has 1 aliphatic heterocycles. The summed E-state index contributed by atoms with van der Waals surface area (Å²) < 4.78 is 15.3. The first-order valence-electron chi connectivity index (χ1n) is 12.8. The first kappa shape index (κ1) is 22.7. The highest BCUT2D eigenvalue weighted by atomic mass is 19.1. The van der Waals surface area contributed by atoms with Crippen LogP contribution in [0, 0.1) is 5.82 Å². The molecule has 0 radical (unpaired) electrons. The molecule has 188 valence electrons. The van der Waals surface area contributed by atoms with Crippen LogP contribution in [0.5, 0.6) is 0 Å². The van der Waals surface area contributed by atoms with Crippen LogP contribution in [0.1, 0.15) is 24.8 Å². The molecular formula is C29H25FN8. The Morgan fingerprint density at radius 1 is 0.868 bits per heavy atom. The normalized spacial score (nSPS) is 14.4. The molecule has 2 N–H and O–H groups in total. The van der Waals surface area contributed by atoms with Crippen LogP contribution in [0.4, 0.5) is 4.39 Å². The van der Waals surface area contributed by atoms with Gasteiger partial charge in [-0.15, -0.1) is 0 Å². The van der Waals surface area contributed by atoms with Gasteiger partial charge in [0.2, 0.25) is 0 Å². The predicted molar refractivity (Wildman–Crippen MR) is 145 cm³/mol. The zero-order valence-electron chi connectivity index (χ0n) is 20.7. The number of imidazole rings is 1. The lowest BCUT2D eigenvalue weighted by molar-refractivity contribution is 0.220. The van der Waals surface area contributed by atoms with Crippen molar-refractivity contribution in [1.29, 1.82) is 0 Å². The van der Waals surface area contributed by atoms with Crippen molar-refractivity contribution in [3.05, 3.63) is 78.8 Å². The second kappa shape index (κ2) is 9.42. The quantitative estimate of drug-likeness (QED) is 0.310. The van der Waals surface area contributed by atoms with Crippen molar-refractivity contribution in [2.75, 3.05) is 13.1 Å². The molecule has 1 saturated heterocycles. The summed E-state index contributed by atoms with van der Waals surface area (Å²) in [5, 5.41) is 8.23. The molecule has 9 heteroatoms. The maximum absolute atomic E-state index is 15.3.